The number of hydrogen-bond acceptors (Lipinski definition) is 6. The zero-order valence-corrected chi connectivity index (χ0v) is 47.9. The fourth-order valence-corrected chi connectivity index (χ4v) is 8.04. The summed E-state index contributed by atoms with van der Waals surface area (Å²) in [5.41, 5.74) is 0. The van der Waals surface area contributed by atoms with E-state index in [1.54, 1.807) is 6.08 Å². The highest BCUT2D eigenvalue weighted by atomic mass is 31.2. The molecule has 3 unspecified atom stereocenters. The number of phosphoric ester groups is 1. The van der Waals surface area contributed by atoms with E-state index in [1.165, 1.54) is 77.0 Å². The fourth-order valence-electron chi connectivity index (χ4n) is 7.31. The van der Waals surface area contributed by atoms with Crippen molar-refractivity contribution in [1.82, 2.24) is 5.32 Å². The smallest absolute Gasteiger partial charge is 0.268 e. The van der Waals surface area contributed by atoms with Crippen molar-refractivity contribution in [3.05, 3.63) is 146 Å². The Morgan fingerprint density at radius 2 is 0.849 bits per heavy atom. The maximum Gasteiger partial charge on any atom is 0.268 e. The Morgan fingerprint density at radius 1 is 0.493 bits per heavy atom. The van der Waals surface area contributed by atoms with Gasteiger partial charge in [-0.15, -0.1) is 0 Å². The van der Waals surface area contributed by atoms with Crippen LogP contribution in [0, 0.1) is 0 Å². The van der Waals surface area contributed by atoms with Gasteiger partial charge in [-0.3, -0.25) is 9.36 Å². The third-order valence-corrected chi connectivity index (χ3v) is 12.7. The molecule has 0 radical (unpaired) electrons. The highest BCUT2D eigenvalue weighted by molar-refractivity contribution is 7.45. The summed E-state index contributed by atoms with van der Waals surface area (Å²) in [4.78, 5) is 25.5. The highest BCUT2D eigenvalue weighted by Gasteiger charge is 2.23. The molecule has 73 heavy (non-hydrogen) atoms. The lowest BCUT2D eigenvalue weighted by molar-refractivity contribution is -0.870. The minimum atomic E-state index is -4.63. The molecule has 0 aliphatic heterocycles. The summed E-state index contributed by atoms with van der Waals surface area (Å²) in [5.74, 6) is -0.256. The van der Waals surface area contributed by atoms with Crippen LogP contribution >= 0.6 is 7.82 Å². The van der Waals surface area contributed by atoms with E-state index in [0.29, 0.717) is 17.4 Å². The summed E-state index contributed by atoms with van der Waals surface area (Å²) in [6.07, 6.45) is 82.1. The first kappa shape index (κ1) is 69.4. The Bertz CT molecular complexity index is 1690. The normalized spacial score (nSPS) is 15.0. The molecule has 0 fully saturated rings. The Hall–Kier alpha value is -3.62. The number of aliphatic hydroxyl groups is 1. The van der Waals surface area contributed by atoms with Crippen LogP contribution in [-0.4, -0.2) is 68.5 Å². The number of aliphatic hydroxyl groups excluding tert-OH is 1. The van der Waals surface area contributed by atoms with E-state index in [4.69, 9.17) is 9.05 Å². The average molecular weight is 1030 g/mol. The van der Waals surface area contributed by atoms with Crippen molar-refractivity contribution < 1.29 is 32.9 Å². The Morgan fingerprint density at radius 3 is 1.27 bits per heavy atom. The lowest BCUT2D eigenvalue weighted by atomic mass is 10.0. The number of unbranched alkanes of at least 4 members (excludes halogenated alkanes) is 15. The van der Waals surface area contributed by atoms with E-state index >= 15 is 0 Å². The van der Waals surface area contributed by atoms with E-state index in [2.05, 4.69) is 153 Å². The molecule has 9 heteroatoms. The molecule has 0 bridgehead atoms. The van der Waals surface area contributed by atoms with Gasteiger partial charge in [0.05, 0.1) is 39.9 Å². The number of carbonyl (C=O) groups excluding carboxylic acids is 1. The topological polar surface area (TPSA) is 108 Å². The van der Waals surface area contributed by atoms with Gasteiger partial charge in [0.2, 0.25) is 5.91 Å². The van der Waals surface area contributed by atoms with Crippen LogP contribution in [0.15, 0.2) is 146 Å². The Kier molecular flexibility index (Phi) is 50.6. The molecule has 2 N–H and O–H groups in total. The standard InChI is InChI=1S/C64H107N2O6P/c1-6-8-10-12-14-16-18-20-22-24-26-27-28-29-30-31-32-33-34-35-36-37-38-39-40-42-44-46-48-50-52-54-56-58-64(68)65-62(61-72-73(69,70)71-60-59-66(3,4)5)63(67)57-55-53-51-49-47-45-43-41-25-23-21-19-17-15-13-11-9-7-2/h8,10,14,16,20,22,26-27,29-30,32-33,35-36,38-39,42,44,47-50,55,57,62-63,67H,6-7,9,11-13,15,17-19,21,23-25,28,31,34,37,40-41,43,45-46,51-54,56,58-61H2,1-5H3,(H-,65,68,69,70)/b10-8-,16-14-,22-20-,27-26-,30-29-,33-32-,36-35-,39-38-,44-42-,49-47+,50-48-,57-55+. The summed E-state index contributed by atoms with van der Waals surface area (Å²) in [7, 11) is 1.19. The van der Waals surface area contributed by atoms with Crippen molar-refractivity contribution in [2.75, 3.05) is 40.9 Å². The second-order valence-corrected chi connectivity index (χ2v) is 21.3. The summed E-state index contributed by atoms with van der Waals surface area (Å²) < 4.78 is 23.3. The van der Waals surface area contributed by atoms with Gasteiger partial charge in [-0.25, -0.2) is 0 Å². The minimum Gasteiger partial charge on any atom is -0.756 e. The van der Waals surface area contributed by atoms with Crippen molar-refractivity contribution in [2.45, 2.75) is 212 Å². The van der Waals surface area contributed by atoms with Crippen LogP contribution in [0.4, 0.5) is 0 Å². The van der Waals surface area contributed by atoms with Gasteiger partial charge in [-0.2, -0.15) is 0 Å². The quantitative estimate of drug-likeness (QED) is 0.0272. The van der Waals surface area contributed by atoms with E-state index in [0.717, 1.165) is 96.3 Å². The molecule has 3 atom stereocenters. The maximum absolute atomic E-state index is 12.9. The number of nitrogens with zero attached hydrogens (tertiary/aromatic N) is 1. The van der Waals surface area contributed by atoms with Crippen LogP contribution in [0.1, 0.15) is 200 Å². The molecule has 0 aromatic rings. The SMILES string of the molecule is CC/C=C\C/C=C\C/C=C\C/C=C\C/C=C\C/C=C\C/C=C\C/C=C\C/C=C\C/C=C\CCCCC(=O)NC(COP(=O)([O-])OCC[N+](C)(C)C)C(O)/C=C/CC/C=C/CCCCCCCCCCCCCC. The van der Waals surface area contributed by atoms with Crippen LogP contribution in [0.5, 0.6) is 0 Å². The van der Waals surface area contributed by atoms with Gasteiger partial charge in [0.25, 0.3) is 7.82 Å². The molecular weight excluding hydrogens is 924 g/mol. The molecule has 1 amide bonds. The molecule has 8 nitrogen and oxygen atoms in total. The van der Waals surface area contributed by atoms with Crippen molar-refractivity contribution in [3.8, 4) is 0 Å². The summed E-state index contributed by atoms with van der Waals surface area (Å²) in [6.45, 7) is 4.46. The minimum absolute atomic E-state index is 0.0234. The van der Waals surface area contributed by atoms with E-state index in [1.807, 2.05) is 27.2 Å². The molecule has 414 valence electrons. The van der Waals surface area contributed by atoms with Gasteiger partial charge in [-0.1, -0.05) is 230 Å². The number of amides is 1. The lowest BCUT2D eigenvalue weighted by Gasteiger charge is -2.29. The van der Waals surface area contributed by atoms with E-state index in [9.17, 15) is 19.4 Å². The van der Waals surface area contributed by atoms with Gasteiger partial charge in [0, 0.05) is 6.42 Å². The molecule has 0 heterocycles. The van der Waals surface area contributed by atoms with Crippen molar-refractivity contribution >= 4 is 13.7 Å². The van der Waals surface area contributed by atoms with Gasteiger partial charge < -0.3 is 28.8 Å². The molecule has 0 saturated carbocycles. The second-order valence-electron chi connectivity index (χ2n) is 19.9. The number of phosphoric acid groups is 1. The zero-order chi connectivity index (χ0) is 53.5. The van der Waals surface area contributed by atoms with Gasteiger partial charge >= 0.3 is 0 Å². The molecule has 0 aromatic heterocycles. The van der Waals surface area contributed by atoms with E-state index in [-0.39, 0.29) is 18.9 Å². The molecule has 0 aliphatic carbocycles. The molecule has 0 aliphatic rings. The number of rotatable bonds is 50. The third kappa shape index (κ3) is 56.0. The molecule has 0 spiro atoms. The number of likely N-dealkylation sites (N-methyl/N-ethyl adjacent to an activating group) is 1. The number of allylic oxidation sites excluding steroid dienone is 23. The van der Waals surface area contributed by atoms with Gasteiger partial charge in [0.1, 0.15) is 13.2 Å². The number of carbonyl (C=O) groups is 1. The predicted molar refractivity (Wildman–Crippen MR) is 315 cm³/mol. The fraction of sp³-hybridized carbons (Fsp3) is 0.609. The van der Waals surface area contributed by atoms with Gasteiger partial charge in [0.15, 0.2) is 0 Å². The molecular formula is C64H107N2O6P. The van der Waals surface area contributed by atoms with Crippen molar-refractivity contribution in [3.63, 3.8) is 0 Å². The van der Waals surface area contributed by atoms with Crippen LogP contribution in [0.2, 0.25) is 0 Å². The number of quaternary nitrogens is 1. The summed E-state index contributed by atoms with van der Waals surface area (Å²) >= 11 is 0. The monoisotopic (exact) mass is 1030 g/mol. The zero-order valence-electron chi connectivity index (χ0n) is 47.0. The highest BCUT2D eigenvalue weighted by Crippen LogP contribution is 2.38. The van der Waals surface area contributed by atoms with E-state index < -0.39 is 26.6 Å². The average Bonchev–Trinajstić information content (AvgIpc) is 3.35. The molecule has 0 saturated heterocycles. The Labute approximate surface area is 449 Å². The van der Waals surface area contributed by atoms with Crippen molar-refractivity contribution in [2.24, 2.45) is 0 Å². The van der Waals surface area contributed by atoms with Crippen molar-refractivity contribution in [1.29, 1.82) is 0 Å². The summed E-state index contributed by atoms with van der Waals surface area (Å²) in [6, 6.07) is -0.939. The summed E-state index contributed by atoms with van der Waals surface area (Å²) in [5, 5.41) is 13.8. The second kappa shape index (κ2) is 53.2. The largest absolute Gasteiger partial charge is 0.756 e. The van der Waals surface area contributed by atoms with Crippen LogP contribution in [-0.2, 0) is 18.4 Å². The first-order chi connectivity index (χ1) is 35.5. The van der Waals surface area contributed by atoms with Crippen LogP contribution < -0.4 is 10.2 Å². The number of nitrogens with one attached hydrogen (secondary N) is 1. The first-order valence-electron chi connectivity index (χ1n) is 28.7. The third-order valence-electron chi connectivity index (χ3n) is 11.8. The van der Waals surface area contributed by atoms with Crippen LogP contribution in [0.25, 0.3) is 0 Å². The molecule has 0 rings (SSSR count). The van der Waals surface area contributed by atoms with Crippen LogP contribution in [0.3, 0.4) is 0 Å². The van der Waals surface area contributed by atoms with Gasteiger partial charge in [-0.05, 0) is 109 Å². The first-order valence-corrected chi connectivity index (χ1v) is 30.2. The number of hydrogen-bond donors (Lipinski definition) is 2. The maximum atomic E-state index is 12.9. The Balaban J connectivity index is 4.39. The lowest BCUT2D eigenvalue weighted by Crippen LogP contribution is -2.45. The predicted octanol–water partition coefficient (Wildman–Crippen LogP) is 17.1. The molecule has 0 aromatic carbocycles.